The van der Waals surface area contributed by atoms with E-state index in [1.165, 1.54) is 12.4 Å². The summed E-state index contributed by atoms with van der Waals surface area (Å²) in [6, 6.07) is 3.45. The van der Waals surface area contributed by atoms with Gasteiger partial charge in [0.1, 0.15) is 11.5 Å². The first kappa shape index (κ1) is 14.6. The van der Waals surface area contributed by atoms with E-state index in [4.69, 9.17) is 23.2 Å². The molecule has 7 heteroatoms. The van der Waals surface area contributed by atoms with Crippen LogP contribution in [0.25, 0.3) is 0 Å². The molecule has 1 aromatic carbocycles. The Hall–Kier alpha value is -1.85. The van der Waals surface area contributed by atoms with Gasteiger partial charge in [0.05, 0.1) is 28.1 Å². The Morgan fingerprint density at radius 3 is 2.70 bits per heavy atom. The van der Waals surface area contributed by atoms with Crippen molar-refractivity contribution in [3.05, 3.63) is 45.8 Å². The molecule has 5 nitrogen and oxygen atoms in total. The number of anilines is 2. The predicted octanol–water partition coefficient (Wildman–Crippen LogP) is 3.39. The molecule has 2 aromatic rings. The molecule has 0 radical (unpaired) electrons. The molecule has 1 aromatic heterocycles. The summed E-state index contributed by atoms with van der Waals surface area (Å²) in [4.78, 5) is 20.2. The summed E-state index contributed by atoms with van der Waals surface area (Å²) >= 11 is 12.2. The number of amides is 1. The minimum absolute atomic E-state index is 0.172. The van der Waals surface area contributed by atoms with Crippen molar-refractivity contribution < 1.29 is 4.79 Å². The predicted molar refractivity (Wildman–Crippen MR) is 80.7 cm³/mol. The molecule has 0 saturated heterocycles. The molecule has 0 bridgehead atoms. The van der Waals surface area contributed by atoms with Gasteiger partial charge in [-0.25, -0.2) is 4.98 Å². The van der Waals surface area contributed by atoms with E-state index in [9.17, 15) is 4.79 Å². The van der Waals surface area contributed by atoms with E-state index < -0.39 is 5.91 Å². The van der Waals surface area contributed by atoms with Crippen molar-refractivity contribution in [1.29, 1.82) is 0 Å². The van der Waals surface area contributed by atoms with Gasteiger partial charge in [-0.1, -0.05) is 29.3 Å². The summed E-state index contributed by atoms with van der Waals surface area (Å²) in [6.45, 7) is 1.83. The summed E-state index contributed by atoms with van der Waals surface area (Å²) in [5.74, 6) is 0.0723. The van der Waals surface area contributed by atoms with E-state index in [2.05, 4.69) is 20.6 Å². The first-order valence-corrected chi connectivity index (χ1v) is 6.54. The molecule has 0 fully saturated rings. The quantitative estimate of drug-likeness (QED) is 0.912. The van der Waals surface area contributed by atoms with Crippen LogP contribution >= 0.6 is 23.2 Å². The fourth-order valence-corrected chi connectivity index (χ4v) is 2.01. The summed E-state index contributed by atoms with van der Waals surface area (Å²) in [5.41, 5.74) is 1.36. The third-order valence-electron chi connectivity index (χ3n) is 2.65. The SMILES string of the molecule is CNc1cncc(C(=O)Nc2c(Cl)ccc(C)c2Cl)n1. The summed E-state index contributed by atoms with van der Waals surface area (Å²) in [6.07, 6.45) is 2.89. The van der Waals surface area contributed by atoms with Gasteiger partial charge in [-0.15, -0.1) is 0 Å². The molecule has 2 rings (SSSR count). The average molecular weight is 311 g/mol. The van der Waals surface area contributed by atoms with E-state index in [1.54, 1.807) is 19.2 Å². The van der Waals surface area contributed by atoms with Crippen LogP contribution in [0.5, 0.6) is 0 Å². The third kappa shape index (κ3) is 3.00. The monoisotopic (exact) mass is 310 g/mol. The maximum absolute atomic E-state index is 12.1. The van der Waals surface area contributed by atoms with Crippen LogP contribution < -0.4 is 10.6 Å². The Morgan fingerprint density at radius 1 is 1.25 bits per heavy atom. The Labute approximate surface area is 126 Å². The Kier molecular flexibility index (Phi) is 4.42. The molecule has 2 N–H and O–H groups in total. The first-order chi connectivity index (χ1) is 9.52. The Bertz CT molecular complexity index is 661. The number of nitrogens with zero attached hydrogens (tertiary/aromatic N) is 2. The maximum Gasteiger partial charge on any atom is 0.276 e. The van der Waals surface area contributed by atoms with Crippen LogP contribution in [0.1, 0.15) is 16.1 Å². The van der Waals surface area contributed by atoms with Crippen molar-refractivity contribution >= 4 is 40.6 Å². The Morgan fingerprint density at radius 2 is 2.00 bits per heavy atom. The molecule has 0 aliphatic rings. The largest absolute Gasteiger partial charge is 0.372 e. The lowest BCUT2D eigenvalue weighted by molar-refractivity contribution is 0.102. The number of benzene rings is 1. The zero-order chi connectivity index (χ0) is 14.7. The standard InChI is InChI=1S/C13H12Cl2N4O/c1-7-3-4-8(14)12(11(7)15)19-13(20)9-5-17-6-10(16-2)18-9/h3-6H,1-2H3,(H,16,18)(H,19,20). The summed E-state index contributed by atoms with van der Waals surface area (Å²) in [5, 5.41) is 6.24. The second-order valence-electron chi connectivity index (χ2n) is 4.05. The van der Waals surface area contributed by atoms with Crippen LogP contribution in [-0.2, 0) is 0 Å². The summed E-state index contributed by atoms with van der Waals surface area (Å²) < 4.78 is 0. The molecular formula is C13H12Cl2N4O. The number of halogens is 2. The number of hydrogen-bond donors (Lipinski definition) is 2. The molecular weight excluding hydrogens is 299 g/mol. The lowest BCUT2D eigenvalue weighted by atomic mass is 10.2. The fraction of sp³-hybridized carbons (Fsp3) is 0.154. The van der Waals surface area contributed by atoms with Crippen LogP contribution in [-0.4, -0.2) is 22.9 Å². The number of nitrogens with one attached hydrogen (secondary N) is 2. The number of carbonyl (C=O) groups excluding carboxylic acids is 1. The average Bonchev–Trinajstić information content (AvgIpc) is 2.47. The molecule has 0 unspecified atom stereocenters. The van der Waals surface area contributed by atoms with Crippen LogP contribution in [0.3, 0.4) is 0 Å². The van der Waals surface area contributed by atoms with E-state index in [0.29, 0.717) is 21.6 Å². The molecule has 0 aliphatic heterocycles. The van der Waals surface area contributed by atoms with Crippen LogP contribution in [0, 0.1) is 6.92 Å². The normalized spacial score (nSPS) is 10.2. The van der Waals surface area contributed by atoms with E-state index in [1.807, 2.05) is 6.92 Å². The topological polar surface area (TPSA) is 66.9 Å². The smallest absolute Gasteiger partial charge is 0.276 e. The van der Waals surface area contributed by atoms with Gasteiger partial charge in [0.25, 0.3) is 5.91 Å². The second-order valence-corrected chi connectivity index (χ2v) is 4.83. The highest BCUT2D eigenvalue weighted by molar-refractivity contribution is 6.40. The van der Waals surface area contributed by atoms with Crippen LogP contribution in [0.2, 0.25) is 10.0 Å². The fourth-order valence-electron chi connectivity index (χ4n) is 1.54. The molecule has 1 amide bonds. The minimum atomic E-state index is -0.427. The zero-order valence-corrected chi connectivity index (χ0v) is 12.4. The van der Waals surface area contributed by atoms with Crippen molar-refractivity contribution in [2.45, 2.75) is 6.92 Å². The van der Waals surface area contributed by atoms with Crippen molar-refractivity contribution in [3.63, 3.8) is 0 Å². The van der Waals surface area contributed by atoms with E-state index in [-0.39, 0.29) is 5.69 Å². The van der Waals surface area contributed by atoms with Gasteiger partial charge in [0.2, 0.25) is 0 Å². The number of aromatic nitrogens is 2. The van der Waals surface area contributed by atoms with Gasteiger partial charge in [0.15, 0.2) is 0 Å². The number of carbonyl (C=O) groups is 1. The lowest BCUT2D eigenvalue weighted by Gasteiger charge is -2.11. The maximum atomic E-state index is 12.1. The molecule has 0 saturated carbocycles. The van der Waals surface area contributed by atoms with Crippen molar-refractivity contribution in [1.82, 2.24) is 9.97 Å². The van der Waals surface area contributed by atoms with Crippen LogP contribution in [0.4, 0.5) is 11.5 Å². The molecule has 0 aliphatic carbocycles. The first-order valence-electron chi connectivity index (χ1n) is 5.78. The van der Waals surface area contributed by atoms with Crippen molar-refractivity contribution in [2.24, 2.45) is 0 Å². The highest BCUT2D eigenvalue weighted by Gasteiger charge is 2.14. The van der Waals surface area contributed by atoms with Gasteiger partial charge >= 0.3 is 0 Å². The Balaban J connectivity index is 2.30. The second kappa shape index (κ2) is 6.07. The number of rotatable bonds is 3. The van der Waals surface area contributed by atoms with Gasteiger partial charge in [-0.05, 0) is 18.6 Å². The molecule has 0 atom stereocenters. The van der Waals surface area contributed by atoms with E-state index >= 15 is 0 Å². The summed E-state index contributed by atoms with van der Waals surface area (Å²) in [7, 11) is 1.69. The van der Waals surface area contributed by atoms with Crippen LogP contribution in [0.15, 0.2) is 24.5 Å². The highest BCUT2D eigenvalue weighted by atomic mass is 35.5. The van der Waals surface area contributed by atoms with Crippen molar-refractivity contribution in [2.75, 3.05) is 17.7 Å². The highest BCUT2D eigenvalue weighted by Crippen LogP contribution is 2.33. The molecule has 1 heterocycles. The van der Waals surface area contributed by atoms with Gasteiger partial charge in [0, 0.05) is 7.05 Å². The van der Waals surface area contributed by atoms with Crippen molar-refractivity contribution in [3.8, 4) is 0 Å². The van der Waals surface area contributed by atoms with E-state index in [0.717, 1.165) is 5.56 Å². The van der Waals surface area contributed by atoms with Gasteiger partial charge < -0.3 is 10.6 Å². The lowest BCUT2D eigenvalue weighted by Crippen LogP contribution is -2.15. The minimum Gasteiger partial charge on any atom is -0.372 e. The van der Waals surface area contributed by atoms with Gasteiger partial charge in [-0.3, -0.25) is 9.78 Å². The molecule has 20 heavy (non-hydrogen) atoms. The third-order valence-corrected chi connectivity index (χ3v) is 3.45. The molecule has 104 valence electrons. The zero-order valence-electron chi connectivity index (χ0n) is 10.9. The number of aryl methyl sites for hydroxylation is 1. The number of hydrogen-bond acceptors (Lipinski definition) is 4. The van der Waals surface area contributed by atoms with Gasteiger partial charge in [-0.2, -0.15) is 0 Å². The molecule has 0 spiro atoms.